The van der Waals surface area contributed by atoms with Crippen molar-refractivity contribution >= 4 is 17.2 Å². The number of rotatable bonds is 4. The van der Waals surface area contributed by atoms with Crippen molar-refractivity contribution in [2.75, 3.05) is 13.2 Å². The van der Waals surface area contributed by atoms with Gasteiger partial charge in [0.15, 0.2) is 0 Å². The predicted octanol–water partition coefficient (Wildman–Crippen LogP) is 2.51. The molecule has 1 saturated heterocycles. The van der Waals surface area contributed by atoms with Crippen molar-refractivity contribution in [3.05, 3.63) is 52.5 Å². The van der Waals surface area contributed by atoms with E-state index in [4.69, 9.17) is 4.74 Å². The number of thiophene rings is 1. The molecule has 1 amide bonds. The predicted molar refractivity (Wildman–Crippen MR) is 82.1 cm³/mol. The third-order valence-electron chi connectivity index (χ3n) is 3.98. The topological polar surface area (TPSA) is 51.2 Å². The van der Waals surface area contributed by atoms with Crippen molar-refractivity contribution in [1.82, 2.24) is 10.3 Å². The molecule has 3 heterocycles. The summed E-state index contributed by atoms with van der Waals surface area (Å²) in [5.41, 5.74) is 0.631. The van der Waals surface area contributed by atoms with Crippen LogP contribution < -0.4 is 5.32 Å². The van der Waals surface area contributed by atoms with E-state index in [0.717, 1.165) is 23.3 Å². The number of nitrogens with one attached hydrogen (secondary N) is 1. The summed E-state index contributed by atoms with van der Waals surface area (Å²) in [5, 5.41) is 5.11. The molecule has 0 bridgehead atoms. The Balaban J connectivity index is 1.75. The minimum absolute atomic E-state index is 0.102. The molecule has 0 aliphatic carbocycles. The minimum Gasteiger partial charge on any atom is -0.381 e. The standard InChI is InChI=1S/C16H18N2O2S/c19-15(18-12-13-3-7-17-8-4-13)16(5-9-20-10-6-16)14-2-1-11-21-14/h1-4,7-8,11H,5-6,9-10,12H2,(H,18,19). The van der Waals surface area contributed by atoms with Crippen molar-refractivity contribution in [2.45, 2.75) is 24.8 Å². The van der Waals surface area contributed by atoms with Gasteiger partial charge in [0.1, 0.15) is 0 Å². The Kier molecular flexibility index (Phi) is 4.31. The van der Waals surface area contributed by atoms with Gasteiger partial charge in [-0.05, 0) is 42.0 Å². The van der Waals surface area contributed by atoms with Gasteiger partial charge in [0, 0.05) is 37.0 Å². The smallest absolute Gasteiger partial charge is 0.231 e. The quantitative estimate of drug-likeness (QED) is 0.944. The van der Waals surface area contributed by atoms with E-state index >= 15 is 0 Å². The molecule has 1 N–H and O–H groups in total. The van der Waals surface area contributed by atoms with Crippen LogP contribution in [0.5, 0.6) is 0 Å². The Morgan fingerprint density at radius 1 is 1.29 bits per heavy atom. The summed E-state index contributed by atoms with van der Waals surface area (Å²) >= 11 is 1.65. The fraction of sp³-hybridized carbons (Fsp3) is 0.375. The molecule has 0 spiro atoms. The zero-order chi connectivity index (χ0) is 14.5. The summed E-state index contributed by atoms with van der Waals surface area (Å²) in [6, 6.07) is 7.90. The molecule has 1 aliphatic rings. The molecule has 0 unspecified atom stereocenters. The van der Waals surface area contributed by atoms with Gasteiger partial charge < -0.3 is 10.1 Å². The molecule has 0 radical (unpaired) electrons. The highest BCUT2D eigenvalue weighted by molar-refractivity contribution is 7.10. The van der Waals surface area contributed by atoms with E-state index < -0.39 is 5.41 Å². The van der Waals surface area contributed by atoms with Crippen LogP contribution in [0, 0.1) is 0 Å². The molecule has 5 heteroatoms. The Bertz CT molecular complexity index is 578. The second-order valence-corrected chi connectivity index (χ2v) is 6.16. The van der Waals surface area contributed by atoms with Crippen molar-refractivity contribution in [1.29, 1.82) is 0 Å². The lowest BCUT2D eigenvalue weighted by Crippen LogP contribution is -2.47. The van der Waals surface area contributed by atoms with Crippen LogP contribution in [0.25, 0.3) is 0 Å². The number of nitrogens with zero attached hydrogens (tertiary/aromatic N) is 1. The van der Waals surface area contributed by atoms with E-state index in [-0.39, 0.29) is 5.91 Å². The first-order chi connectivity index (χ1) is 10.3. The lowest BCUT2D eigenvalue weighted by molar-refractivity contribution is -0.130. The Hall–Kier alpha value is -1.72. The SMILES string of the molecule is O=C(NCc1ccncc1)C1(c2cccs2)CCOCC1. The van der Waals surface area contributed by atoms with Crippen LogP contribution in [-0.4, -0.2) is 24.1 Å². The fourth-order valence-electron chi connectivity index (χ4n) is 2.71. The van der Waals surface area contributed by atoms with Crippen LogP contribution in [0.3, 0.4) is 0 Å². The number of carbonyl (C=O) groups excluding carboxylic acids is 1. The second kappa shape index (κ2) is 6.37. The molecule has 0 atom stereocenters. The molecule has 2 aromatic rings. The van der Waals surface area contributed by atoms with Gasteiger partial charge in [-0.3, -0.25) is 9.78 Å². The highest BCUT2D eigenvalue weighted by Crippen LogP contribution is 2.37. The Labute approximate surface area is 128 Å². The number of carbonyl (C=O) groups is 1. The first-order valence-corrected chi connectivity index (χ1v) is 7.98. The molecule has 21 heavy (non-hydrogen) atoms. The highest BCUT2D eigenvalue weighted by Gasteiger charge is 2.42. The number of pyridine rings is 1. The van der Waals surface area contributed by atoms with E-state index in [1.54, 1.807) is 23.7 Å². The summed E-state index contributed by atoms with van der Waals surface area (Å²) in [6.45, 7) is 1.82. The van der Waals surface area contributed by atoms with Crippen LogP contribution in [0.4, 0.5) is 0 Å². The zero-order valence-corrected chi connectivity index (χ0v) is 12.6. The fourth-order valence-corrected chi connectivity index (χ4v) is 3.69. The minimum atomic E-state index is -0.431. The molecule has 4 nitrogen and oxygen atoms in total. The number of hydrogen-bond donors (Lipinski definition) is 1. The van der Waals surface area contributed by atoms with Crippen molar-refractivity contribution < 1.29 is 9.53 Å². The van der Waals surface area contributed by atoms with Gasteiger partial charge in [0.25, 0.3) is 0 Å². The molecule has 1 fully saturated rings. The van der Waals surface area contributed by atoms with Gasteiger partial charge in [0.05, 0.1) is 5.41 Å². The summed E-state index contributed by atoms with van der Waals surface area (Å²) < 4.78 is 5.45. The molecule has 1 aliphatic heterocycles. The number of hydrogen-bond acceptors (Lipinski definition) is 4. The van der Waals surface area contributed by atoms with Crippen LogP contribution in [0.1, 0.15) is 23.3 Å². The molecule has 2 aromatic heterocycles. The first kappa shape index (κ1) is 14.2. The van der Waals surface area contributed by atoms with Gasteiger partial charge in [-0.25, -0.2) is 0 Å². The summed E-state index contributed by atoms with van der Waals surface area (Å²) in [6.07, 6.45) is 4.97. The monoisotopic (exact) mass is 302 g/mol. The third kappa shape index (κ3) is 2.99. The summed E-state index contributed by atoms with van der Waals surface area (Å²) in [5.74, 6) is 0.102. The maximum atomic E-state index is 12.8. The average molecular weight is 302 g/mol. The summed E-state index contributed by atoms with van der Waals surface area (Å²) in [4.78, 5) is 17.9. The second-order valence-electron chi connectivity index (χ2n) is 5.21. The van der Waals surface area contributed by atoms with Crippen LogP contribution >= 0.6 is 11.3 Å². The Morgan fingerprint density at radius 2 is 2.05 bits per heavy atom. The molecule has 0 saturated carbocycles. The lowest BCUT2D eigenvalue weighted by Gasteiger charge is -2.35. The average Bonchev–Trinajstić information content (AvgIpc) is 3.09. The molecular weight excluding hydrogens is 284 g/mol. The largest absolute Gasteiger partial charge is 0.381 e. The maximum absolute atomic E-state index is 12.8. The number of ether oxygens (including phenoxy) is 1. The van der Waals surface area contributed by atoms with Gasteiger partial charge >= 0.3 is 0 Å². The van der Waals surface area contributed by atoms with Crippen LogP contribution in [-0.2, 0) is 21.5 Å². The van der Waals surface area contributed by atoms with Gasteiger partial charge in [-0.2, -0.15) is 0 Å². The number of amides is 1. The normalized spacial score (nSPS) is 17.3. The lowest BCUT2D eigenvalue weighted by atomic mass is 9.78. The third-order valence-corrected chi connectivity index (χ3v) is 5.05. The number of aromatic nitrogens is 1. The zero-order valence-electron chi connectivity index (χ0n) is 11.7. The molecule has 0 aromatic carbocycles. The van der Waals surface area contributed by atoms with E-state index in [0.29, 0.717) is 19.8 Å². The first-order valence-electron chi connectivity index (χ1n) is 7.10. The van der Waals surface area contributed by atoms with Gasteiger partial charge in [-0.1, -0.05) is 6.07 Å². The Morgan fingerprint density at radius 3 is 2.71 bits per heavy atom. The van der Waals surface area contributed by atoms with E-state index in [9.17, 15) is 4.79 Å². The van der Waals surface area contributed by atoms with E-state index in [1.165, 1.54) is 0 Å². The van der Waals surface area contributed by atoms with E-state index in [1.807, 2.05) is 23.6 Å². The summed E-state index contributed by atoms with van der Waals surface area (Å²) in [7, 11) is 0. The van der Waals surface area contributed by atoms with Crippen molar-refractivity contribution in [3.8, 4) is 0 Å². The van der Waals surface area contributed by atoms with Gasteiger partial charge in [-0.15, -0.1) is 11.3 Å². The van der Waals surface area contributed by atoms with Gasteiger partial charge in [0.2, 0.25) is 5.91 Å². The molecule has 110 valence electrons. The van der Waals surface area contributed by atoms with Crippen molar-refractivity contribution in [3.63, 3.8) is 0 Å². The van der Waals surface area contributed by atoms with Crippen molar-refractivity contribution in [2.24, 2.45) is 0 Å². The molecule has 3 rings (SSSR count). The van der Waals surface area contributed by atoms with Crippen LogP contribution in [0.15, 0.2) is 42.0 Å². The highest BCUT2D eigenvalue weighted by atomic mass is 32.1. The molecular formula is C16H18N2O2S. The maximum Gasteiger partial charge on any atom is 0.231 e. The van der Waals surface area contributed by atoms with Crippen LogP contribution in [0.2, 0.25) is 0 Å². The van der Waals surface area contributed by atoms with E-state index in [2.05, 4.69) is 16.4 Å².